The summed E-state index contributed by atoms with van der Waals surface area (Å²) in [4.78, 5) is 27.1. The van der Waals surface area contributed by atoms with Crippen LogP contribution in [0, 0.1) is 0 Å². The maximum Gasteiger partial charge on any atom is 0.408 e. The standard InChI is InChI=1S/C16H15ClN2O4/c17-12-7-4-8-18-13(12)9-14(15(20)21)19-16(22)23-10-11-5-2-1-3-6-11/h1-8,14H,9-10H2,(H,19,22)(H,20,21). The molecule has 0 fully saturated rings. The number of pyridine rings is 1. The van der Waals surface area contributed by atoms with Gasteiger partial charge in [-0.25, -0.2) is 9.59 Å². The van der Waals surface area contributed by atoms with Crippen LogP contribution >= 0.6 is 11.6 Å². The molecule has 23 heavy (non-hydrogen) atoms. The van der Waals surface area contributed by atoms with Crippen molar-refractivity contribution in [3.63, 3.8) is 0 Å². The van der Waals surface area contributed by atoms with Gasteiger partial charge in [-0.2, -0.15) is 0 Å². The van der Waals surface area contributed by atoms with Gasteiger partial charge in [0.15, 0.2) is 0 Å². The second-order valence-corrected chi connectivity index (χ2v) is 5.14. The van der Waals surface area contributed by atoms with Crippen molar-refractivity contribution < 1.29 is 19.4 Å². The van der Waals surface area contributed by atoms with Gasteiger partial charge in [0.25, 0.3) is 0 Å². The molecule has 0 saturated heterocycles. The fourth-order valence-corrected chi connectivity index (χ4v) is 2.07. The van der Waals surface area contributed by atoms with Crippen LogP contribution in [-0.2, 0) is 22.6 Å². The molecule has 7 heteroatoms. The van der Waals surface area contributed by atoms with Crippen molar-refractivity contribution in [2.75, 3.05) is 0 Å². The molecule has 2 rings (SSSR count). The van der Waals surface area contributed by atoms with E-state index in [-0.39, 0.29) is 13.0 Å². The fraction of sp³-hybridized carbons (Fsp3) is 0.188. The molecule has 0 aliphatic carbocycles. The number of benzene rings is 1. The molecule has 2 N–H and O–H groups in total. The molecule has 1 aromatic carbocycles. The highest BCUT2D eigenvalue weighted by Gasteiger charge is 2.22. The van der Waals surface area contributed by atoms with Gasteiger partial charge in [-0.1, -0.05) is 41.9 Å². The maximum atomic E-state index is 11.8. The van der Waals surface area contributed by atoms with E-state index in [1.54, 1.807) is 24.3 Å². The minimum atomic E-state index is -1.19. The van der Waals surface area contributed by atoms with E-state index < -0.39 is 18.1 Å². The first-order valence-electron chi connectivity index (χ1n) is 6.85. The van der Waals surface area contributed by atoms with Crippen molar-refractivity contribution in [1.29, 1.82) is 0 Å². The molecule has 0 saturated carbocycles. The molecular weight excluding hydrogens is 320 g/mol. The molecular formula is C16H15ClN2O4. The Balaban J connectivity index is 1.92. The highest BCUT2D eigenvalue weighted by Crippen LogP contribution is 2.14. The molecule has 0 spiro atoms. The number of rotatable bonds is 6. The molecule has 1 unspecified atom stereocenters. The van der Waals surface area contributed by atoms with Gasteiger partial charge < -0.3 is 15.2 Å². The van der Waals surface area contributed by atoms with Crippen molar-refractivity contribution in [1.82, 2.24) is 10.3 Å². The Bertz CT molecular complexity index is 679. The number of aliphatic carboxylic acids is 1. The number of alkyl carbamates (subject to hydrolysis) is 1. The number of nitrogens with zero attached hydrogens (tertiary/aromatic N) is 1. The number of ether oxygens (including phenoxy) is 1. The van der Waals surface area contributed by atoms with Crippen LogP contribution in [0.15, 0.2) is 48.7 Å². The Labute approximate surface area is 138 Å². The molecule has 120 valence electrons. The lowest BCUT2D eigenvalue weighted by atomic mass is 10.1. The summed E-state index contributed by atoms with van der Waals surface area (Å²) in [5.41, 5.74) is 1.20. The van der Waals surface area contributed by atoms with Gasteiger partial charge in [-0.3, -0.25) is 4.98 Å². The second-order valence-electron chi connectivity index (χ2n) is 4.73. The SMILES string of the molecule is O=C(NC(Cc1ncccc1Cl)C(=O)O)OCc1ccccc1. The van der Waals surface area contributed by atoms with E-state index in [4.69, 9.17) is 16.3 Å². The van der Waals surface area contributed by atoms with E-state index in [2.05, 4.69) is 10.3 Å². The molecule has 0 aliphatic rings. The summed E-state index contributed by atoms with van der Waals surface area (Å²) in [5, 5.41) is 11.9. The number of hydrogen-bond acceptors (Lipinski definition) is 4. The number of carbonyl (C=O) groups excluding carboxylic acids is 1. The monoisotopic (exact) mass is 334 g/mol. The molecule has 1 amide bonds. The Morgan fingerprint density at radius 2 is 1.96 bits per heavy atom. The van der Waals surface area contributed by atoms with Gasteiger partial charge in [0.1, 0.15) is 12.6 Å². The van der Waals surface area contributed by atoms with Crippen LogP contribution in [0.25, 0.3) is 0 Å². The minimum absolute atomic E-state index is 0.0323. The van der Waals surface area contributed by atoms with Crippen LogP contribution in [0.5, 0.6) is 0 Å². The molecule has 1 aromatic heterocycles. The number of halogens is 1. The van der Waals surface area contributed by atoms with Crippen molar-refractivity contribution in [3.05, 3.63) is 64.9 Å². The second kappa shape index (κ2) is 8.14. The Morgan fingerprint density at radius 3 is 2.61 bits per heavy atom. The Kier molecular flexibility index (Phi) is 5.94. The Hall–Kier alpha value is -2.60. The number of carboxylic acids is 1. The van der Waals surface area contributed by atoms with E-state index in [9.17, 15) is 14.7 Å². The van der Waals surface area contributed by atoms with E-state index in [1.807, 2.05) is 18.2 Å². The number of amides is 1. The van der Waals surface area contributed by atoms with Gasteiger partial charge in [0.05, 0.1) is 10.7 Å². The summed E-state index contributed by atoms with van der Waals surface area (Å²) in [5.74, 6) is -1.19. The lowest BCUT2D eigenvalue weighted by molar-refractivity contribution is -0.139. The van der Waals surface area contributed by atoms with E-state index >= 15 is 0 Å². The van der Waals surface area contributed by atoms with Gasteiger partial charge in [-0.15, -0.1) is 0 Å². The van der Waals surface area contributed by atoms with Gasteiger partial charge in [-0.05, 0) is 17.7 Å². The van der Waals surface area contributed by atoms with Crippen molar-refractivity contribution in [2.24, 2.45) is 0 Å². The molecule has 1 heterocycles. The smallest absolute Gasteiger partial charge is 0.408 e. The normalized spacial score (nSPS) is 11.5. The summed E-state index contributed by atoms with van der Waals surface area (Å²) in [6.45, 7) is 0.0589. The van der Waals surface area contributed by atoms with Crippen LogP contribution in [0.3, 0.4) is 0 Å². The zero-order chi connectivity index (χ0) is 16.7. The first-order valence-corrected chi connectivity index (χ1v) is 7.23. The number of carboxylic acid groups (broad SMARTS) is 1. The first-order chi connectivity index (χ1) is 11.1. The van der Waals surface area contributed by atoms with Gasteiger partial charge >= 0.3 is 12.1 Å². The van der Waals surface area contributed by atoms with Crippen LogP contribution < -0.4 is 5.32 Å². The predicted octanol–water partition coefficient (Wildman–Crippen LogP) is 2.66. The maximum absolute atomic E-state index is 11.8. The van der Waals surface area contributed by atoms with E-state index in [0.717, 1.165) is 5.56 Å². The zero-order valence-corrected chi connectivity index (χ0v) is 12.9. The average Bonchev–Trinajstić information content (AvgIpc) is 2.55. The predicted molar refractivity (Wildman–Crippen MR) is 84.1 cm³/mol. The lowest BCUT2D eigenvalue weighted by Gasteiger charge is -2.14. The van der Waals surface area contributed by atoms with Crippen molar-refractivity contribution in [2.45, 2.75) is 19.1 Å². The number of aromatic nitrogens is 1. The van der Waals surface area contributed by atoms with Crippen molar-refractivity contribution in [3.8, 4) is 0 Å². The largest absolute Gasteiger partial charge is 0.480 e. The minimum Gasteiger partial charge on any atom is -0.480 e. The third-order valence-electron chi connectivity index (χ3n) is 3.04. The van der Waals surface area contributed by atoms with E-state index in [0.29, 0.717) is 10.7 Å². The van der Waals surface area contributed by atoms with Gasteiger partial charge in [0.2, 0.25) is 0 Å². The molecule has 6 nitrogen and oxygen atoms in total. The molecule has 0 radical (unpaired) electrons. The number of carbonyl (C=O) groups is 2. The molecule has 0 aliphatic heterocycles. The third kappa shape index (κ3) is 5.27. The third-order valence-corrected chi connectivity index (χ3v) is 3.38. The Morgan fingerprint density at radius 1 is 1.22 bits per heavy atom. The van der Waals surface area contributed by atoms with E-state index in [1.165, 1.54) is 6.20 Å². The lowest BCUT2D eigenvalue weighted by Crippen LogP contribution is -2.42. The highest BCUT2D eigenvalue weighted by atomic mass is 35.5. The zero-order valence-electron chi connectivity index (χ0n) is 12.1. The number of nitrogens with one attached hydrogen (secondary N) is 1. The van der Waals surface area contributed by atoms with Crippen LogP contribution in [0.1, 0.15) is 11.3 Å². The summed E-state index contributed by atoms with van der Waals surface area (Å²) in [7, 11) is 0. The number of hydrogen-bond donors (Lipinski definition) is 2. The summed E-state index contributed by atoms with van der Waals surface area (Å²) >= 11 is 5.95. The first kappa shape index (κ1) is 16.8. The van der Waals surface area contributed by atoms with Gasteiger partial charge in [0, 0.05) is 12.6 Å². The topological polar surface area (TPSA) is 88.5 Å². The highest BCUT2D eigenvalue weighted by molar-refractivity contribution is 6.31. The van der Waals surface area contributed by atoms with Crippen LogP contribution in [-0.4, -0.2) is 28.2 Å². The quantitative estimate of drug-likeness (QED) is 0.847. The summed E-state index contributed by atoms with van der Waals surface area (Å²) in [6, 6.07) is 11.2. The summed E-state index contributed by atoms with van der Waals surface area (Å²) in [6.07, 6.45) is 0.664. The molecule has 1 atom stereocenters. The summed E-state index contributed by atoms with van der Waals surface area (Å²) < 4.78 is 5.01. The average molecular weight is 335 g/mol. The van der Waals surface area contributed by atoms with Crippen LogP contribution in [0.4, 0.5) is 4.79 Å². The van der Waals surface area contributed by atoms with Crippen molar-refractivity contribution >= 4 is 23.7 Å². The van der Waals surface area contributed by atoms with Crippen LogP contribution in [0.2, 0.25) is 5.02 Å². The fourth-order valence-electron chi connectivity index (χ4n) is 1.87. The molecule has 0 bridgehead atoms. The molecule has 2 aromatic rings.